The summed E-state index contributed by atoms with van der Waals surface area (Å²) in [6.07, 6.45) is 1.70. The molecular formula is C17H15N3O2. The minimum Gasteiger partial charge on any atom is -0.277 e. The molecule has 0 unspecified atom stereocenters. The van der Waals surface area contributed by atoms with E-state index in [0.717, 1.165) is 11.3 Å². The largest absolute Gasteiger partial charge is 0.278 e. The lowest BCUT2D eigenvalue weighted by Gasteiger charge is -2.02. The Hall–Kier alpha value is -2.92. The molecule has 1 N–H and O–H groups in total. The van der Waals surface area contributed by atoms with E-state index in [4.69, 9.17) is 4.84 Å². The van der Waals surface area contributed by atoms with Crippen molar-refractivity contribution in [2.75, 3.05) is 7.11 Å². The van der Waals surface area contributed by atoms with Gasteiger partial charge in [0.2, 0.25) is 0 Å². The zero-order valence-corrected chi connectivity index (χ0v) is 12.1. The molecule has 22 heavy (non-hydrogen) atoms. The second kappa shape index (κ2) is 6.24. The second-order valence-electron chi connectivity index (χ2n) is 4.67. The normalized spacial score (nSPS) is 10.4. The van der Waals surface area contributed by atoms with Gasteiger partial charge in [-0.1, -0.05) is 48.5 Å². The van der Waals surface area contributed by atoms with Crippen LogP contribution in [0.1, 0.15) is 10.4 Å². The van der Waals surface area contributed by atoms with Crippen molar-refractivity contribution in [3.8, 4) is 16.9 Å². The summed E-state index contributed by atoms with van der Waals surface area (Å²) in [6.45, 7) is 0. The lowest BCUT2D eigenvalue weighted by atomic mass is 10.1. The molecule has 1 aromatic heterocycles. The third-order valence-electron chi connectivity index (χ3n) is 3.22. The molecule has 0 bridgehead atoms. The molecule has 0 saturated carbocycles. The second-order valence-corrected chi connectivity index (χ2v) is 4.67. The van der Waals surface area contributed by atoms with E-state index in [9.17, 15) is 4.79 Å². The van der Waals surface area contributed by atoms with E-state index in [0.29, 0.717) is 11.3 Å². The Morgan fingerprint density at radius 2 is 1.68 bits per heavy atom. The van der Waals surface area contributed by atoms with Crippen LogP contribution in [0, 0.1) is 0 Å². The van der Waals surface area contributed by atoms with E-state index in [2.05, 4.69) is 10.6 Å². The van der Waals surface area contributed by atoms with Crippen molar-refractivity contribution >= 4 is 5.91 Å². The lowest BCUT2D eigenvalue weighted by Crippen LogP contribution is -2.21. The van der Waals surface area contributed by atoms with E-state index in [1.807, 2.05) is 60.7 Å². The summed E-state index contributed by atoms with van der Waals surface area (Å²) >= 11 is 0. The maximum atomic E-state index is 12.2. The zero-order valence-electron chi connectivity index (χ0n) is 12.1. The van der Waals surface area contributed by atoms with Crippen LogP contribution in [0.5, 0.6) is 0 Å². The van der Waals surface area contributed by atoms with Gasteiger partial charge >= 0.3 is 0 Å². The van der Waals surface area contributed by atoms with Crippen molar-refractivity contribution in [3.63, 3.8) is 0 Å². The molecule has 3 rings (SSSR count). The van der Waals surface area contributed by atoms with Gasteiger partial charge in [0.05, 0.1) is 18.4 Å². The third kappa shape index (κ3) is 2.75. The van der Waals surface area contributed by atoms with E-state index < -0.39 is 0 Å². The maximum absolute atomic E-state index is 12.2. The molecule has 5 heteroatoms. The molecule has 0 radical (unpaired) electrons. The van der Waals surface area contributed by atoms with Crippen LogP contribution < -0.4 is 5.48 Å². The molecular weight excluding hydrogens is 278 g/mol. The van der Waals surface area contributed by atoms with Gasteiger partial charge in [0.15, 0.2) is 0 Å². The highest BCUT2D eigenvalue weighted by atomic mass is 16.6. The Labute approximate surface area is 128 Å². The van der Waals surface area contributed by atoms with Crippen molar-refractivity contribution < 1.29 is 9.63 Å². The van der Waals surface area contributed by atoms with E-state index in [-0.39, 0.29) is 5.91 Å². The molecule has 0 aliphatic rings. The van der Waals surface area contributed by atoms with Gasteiger partial charge in [-0.25, -0.2) is 10.2 Å². The molecule has 3 aromatic rings. The number of nitrogens with zero attached hydrogens (tertiary/aromatic N) is 2. The number of aromatic nitrogens is 2. The standard InChI is InChI=1S/C17H15N3O2/c1-22-19-17(21)15-12-20(14-10-6-3-7-11-14)18-16(15)13-8-4-2-5-9-13/h2-12H,1H3,(H,19,21). The molecule has 110 valence electrons. The zero-order chi connectivity index (χ0) is 15.4. The number of nitrogens with one attached hydrogen (secondary N) is 1. The van der Waals surface area contributed by atoms with Gasteiger partial charge in [0.25, 0.3) is 5.91 Å². The number of hydrogen-bond acceptors (Lipinski definition) is 3. The average molecular weight is 293 g/mol. The SMILES string of the molecule is CONC(=O)c1cn(-c2ccccc2)nc1-c1ccccc1. The monoisotopic (exact) mass is 293 g/mol. The lowest BCUT2D eigenvalue weighted by molar-refractivity contribution is 0.0538. The minimum atomic E-state index is -0.330. The van der Waals surface area contributed by atoms with E-state index in [1.165, 1.54) is 7.11 Å². The average Bonchev–Trinajstić information content (AvgIpc) is 3.02. The summed E-state index contributed by atoms with van der Waals surface area (Å²) in [4.78, 5) is 16.9. The van der Waals surface area contributed by atoms with Crippen LogP contribution in [0.15, 0.2) is 66.9 Å². The summed E-state index contributed by atoms with van der Waals surface area (Å²) in [5, 5.41) is 4.55. The molecule has 1 amide bonds. The maximum Gasteiger partial charge on any atom is 0.278 e. The fraction of sp³-hybridized carbons (Fsp3) is 0.0588. The minimum absolute atomic E-state index is 0.330. The van der Waals surface area contributed by atoms with Crippen LogP contribution >= 0.6 is 0 Å². The van der Waals surface area contributed by atoms with Crippen LogP contribution in [-0.2, 0) is 4.84 Å². The molecule has 2 aromatic carbocycles. The predicted molar refractivity (Wildman–Crippen MR) is 83.5 cm³/mol. The first-order valence-electron chi connectivity index (χ1n) is 6.83. The van der Waals surface area contributed by atoms with Crippen LogP contribution in [0.4, 0.5) is 0 Å². The highest BCUT2D eigenvalue weighted by Gasteiger charge is 2.18. The topological polar surface area (TPSA) is 56.1 Å². The third-order valence-corrected chi connectivity index (χ3v) is 3.22. The number of hydroxylamine groups is 1. The highest BCUT2D eigenvalue weighted by molar-refractivity contribution is 5.99. The first-order chi connectivity index (χ1) is 10.8. The van der Waals surface area contributed by atoms with Crippen molar-refractivity contribution in [1.29, 1.82) is 0 Å². The molecule has 0 spiro atoms. The molecule has 0 aliphatic carbocycles. The molecule has 0 aliphatic heterocycles. The van der Waals surface area contributed by atoms with E-state index in [1.54, 1.807) is 10.9 Å². The summed E-state index contributed by atoms with van der Waals surface area (Å²) in [5.74, 6) is -0.330. The van der Waals surface area contributed by atoms with Crippen molar-refractivity contribution in [1.82, 2.24) is 15.3 Å². The Balaban J connectivity index is 2.11. The Morgan fingerprint density at radius 1 is 1.05 bits per heavy atom. The summed E-state index contributed by atoms with van der Waals surface area (Å²) in [7, 11) is 1.40. The van der Waals surface area contributed by atoms with E-state index >= 15 is 0 Å². The summed E-state index contributed by atoms with van der Waals surface area (Å²) in [6, 6.07) is 19.2. The van der Waals surface area contributed by atoms with Crippen LogP contribution in [0.2, 0.25) is 0 Å². The number of amides is 1. The van der Waals surface area contributed by atoms with Crippen LogP contribution in [-0.4, -0.2) is 22.8 Å². The molecule has 0 atom stereocenters. The molecule has 0 saturated heterocycles. The first kappa shape index (κ1) is 14.0. The van der Waals surface area contributed by atoms with Crippen molar-refractivity contribution in [3.05, 3.63) is 72.4 Å². The number of rotatable bonds is 4. The first-order valence-corrected chi connectivity index (χ1v) is 6.83. The Morgan fingerprint density at radius 3 is 2.32 bits per heavy atom. The fourth-order valence-corrected chi connectivity index (χ4v) is 2.21. The predicted octanol–water partition coefficient (Wildman–Crippen LogP) is 2.83. The van der Waals surface area contributed by atoms with Gasteiger partial charge in [-0.2, -0.15) is 5.10 Å². The van der Waals surface area contributed by atoms with Crippen LogP contribution in [0.3, 0.4) is 0 Å². The Kier molecular flexibility index (Phi) is 3.98. The smallest absolute Gasteiger partial charge is 0.277 e. The van der Waals surface area contributed by atoms with Gasteiger partial charge in [-0.15, -0.1) is 0 Å². The van der Waals surface area contributed by atoms with Crippen LogP contribution in [0.25, 0.3) is 16.9 Å². The number of carbonyl (C=O) groups excluding carboxylic acids is 1. The molecule has 1 heterocycles. The summed E-state index contributed by atoms with van der Waals surface area (Å²) < 4.78 is 1.69. The number of para-hydroxylation sites is 1. The fourth-order valence-electron chi connectivity index (χ4n) is 2.21. The van der Waals surface area contributed by atoms with Gasteiger partial charge < -0.3 is 0 Å². The number of carbonyl (C=O) groups is 1. The van der Waals surface area contributed by atoms with Gasteiger partial charge in [0, 0.05) is 11.8 Å². The van der Waals surface area contributed by atoms with Gasteiger partial charge in [0.1, 0.15) is 5.69 Å². The Bertz CT molecular complexity index is 767. The number of benzene rings is 2. The van der Waals surface area contributed by atoms with Crippen molar-refractivity contribution in [2.24, 2.45) is 0 Å². The highest BCUT2D eigenvalue weighted by Crippen LogP contribution is 2.23. The van der Waals surface area contributed by atoms with Gasteiger partial charge in [-0.05, 0) is 12.1 Å². The quantitative estimate of drug-likeness (QED) is 0.753. The summed E-state index contributed by atoms with van der Waals surface area (Å²) in [5.41, 5.74) is 5.17. The molecule has 0 fully saturated rings. The molecule has 5 nitrogen and oxygen atoms in total. The number of hydrogen-bond donors (Lipinski definition) is 1. The van der Waals surface area contributed by atoms with Crippen molar-refractivity contribution in [2.45, 2.75) is 0 Å². The van der Waals surface area contributed by atoms with Gasteiger partial charge in [-0.3, -0.25) is 9.63 Å².